The Hall–Kier alpha value is -3.91. The minimum absolute atomic E-state index is 0.107. The molecule has 4 aromatic rings. The molecule has 8 nitrogen and oxygen atoms in total. The van der Waals surface area contributed by atoms with Crippen LogP contribution in [0.5, 0.6) is 0 Å². The molecule has 0 radical (unpaired) electrons. The van der Waals surface area contributed by atoms with Gasteiger partial charge in [0.25, 0.3) is 0 Å². The number of fused-ring (bicyclic) bond motifs is 1. The highest BCUT2D eigenvalue weighted by Gasteiger charge is 2.16. The Balaban J connectivity index is 1.48. The maximum absolute atomic E-state index is 12.6. The van der Waals surface area contributed by atoms with E-state index < -0.39 is 0 Å². The zero-order valence-corrected chi connectivity index (χ0v) is 18.3. The molecule has 0 fully saturated rings. The van der Waals surface area contributed by atoms with Gasteiger partial charge in [-0.2, -0.15) is 0 Å². The van der Waals surface area contributed by atoms with Gasteiger partial charge in [-0.15, -0.1) is 0 Å². The Morgan fingerprint density at radius 3 is 2.66 bits per heavy atom. The fraction of sp³-hybridized carbons (Fsp3) is 0.208. The van der Waals surface area contributed by atoms with Gasteiger partial charge < -0.3 is 15.6 Å². The highest BCUT2D eigenvalue weighted by atomic mass is 16.1. The molecule has 0 aliphatic rings. The van der Waals surface area contributed by atoms with Crippen molar-refractivity contribution < 1.29 is 4.79 Å². The van der Waals surface area contributed by atoms with Crippen molar-refractivity contribution in [1.29, 1.82) is 5.41 Å². The topological polar surface area (TPSA) is 99.3 Å². The number of ketones is 1. The number of Topliss-reactive ketones (excluding diaryl/α,β-unsaturated/α-hetero) is 1. The number of carbonyl (C=O) groups excluding carboxylic acids is 1. The lowest BCUT2D eigenvalue weighted by Crippen LogP contribution is -2.29. The number of nitrogens with one attached hydrogen (secondary N) is 2. The minimum atomic E-state index is -0.254. The summed E-state index contributed by atoms with van der Waals surface area (Å²) in [7, 11) is 3.88. The number of anilines is 2. The van der Waals surface area contributed by atoms with Gasteiger partial charge in [0.05, 0.1) is 23.3 Å². The van der Waals surface area contributed by atoms with Gasteiger partial charge in [0, 0.05) is 36.1 Å². The molecule has 0 bridgehead atoms. The molecule has 0 spiro atoms. The maximum atomic E-state index is 12.6. The van der Waals surface area contributed by atoms with Crippen LogP contribution in [-0.4, -0.2) is 55.9 Å². The van der Waals surface area contributed by atoms with Crippen molar-refractivity contribution in [3.05, 3.63) is 72.7 Å². The molecule has 2 N–H and O–H groups in total. The van der Waals surface area contributed by atoms with E-state index in [4.69, 9.17) is 5.41 Å². The molecular formula is C24H25N7O. The van der Waals surface area contributed by atoms with Crippen molar-refractivity contribution in [3.8, 4) is 11.4 Å². The van der Waals surface area contributed by atoms with Crippen molar-refractivity contribution in [1.82, 2.24) is 24.3 Å². The number of rotatable bonds is 8. The second kappa shape index (κ2) is 9.07. The van der Waals surface area contributed by atoms with Gasteiger partial charge in [0.1, 0.15) is 5.65 Å². The van der Waals surface area contributed by atoms with Crippen LogP contribution in [0.2, 0.25) is 0 Å². The lowest BCUT2D eigenvalue weighted by Gasteiger charge is -2.19. The number of hydrogen-bond donors (Lipinski definition) is 2. The molecular weight excluding hydrogens is 402 g/mol. The summed E-state index contributed by atoms with van der Waals surface area (Å²) in [6, 6.07) is 14.8. The van der Waals surface area contributed by atoms with E-state index >= 15 is 0 Å². The highest BCUT2D eigenvalue weighted by molar-refractivity contribution is 6.45. The SMILES string of the molecule is C[C@H](CC(=N)C(=O)c1ccc(Nc2nccc(-c3cnc4ccccn34)n2)cc1)N(C)C. The average Bonchev–Trinajstić information content (AvgIpc) is 3.23. The fourth-order valence-corrected chi connectivity index (χ4v) is 3.26. The Morgan fingerprint density at radius 2 is 1.91 bits per heavy atom. The van der Waals surface area contributed by atoms with Crippen LogP contribution in [0.4, 0.5) is 11.6 Å². The zero-order chi connectivity index (χ0) is 22.7. The van der Waals surface area contributed by atoms with E-state index in [0.29, 0.717) is 17.9 Å². The van der Waals surface area contributed by atoms with Gasteiger partial charge in [-0.25, -0.2) is 15.0 Å². The third kappa shape index (κ3) is 4.55. The van der Waals surface area contributed by atoms with Crippen LogP contribution >= 0.6 is 0 Å². The summed E-state index contributed by atoms with van der Waals surface area (Å²) >= 11 is 0. The lowest BCUT2D eigenvalue weighted by atomic mass is 10.0. The number of imidazole rings is 1. The molecule has 0 saturated carbocycles. The number of hydrogen-bond acceptors (Lipinski definition) is 7. The molecule has 162 valence electrons. The number of benzene rings is 1. The first-order valence-electron chi connectivity index (χ1n) is 10.3. The smallest absolute Gasteiger partial charge is 0.227 e. The van der Waals surface area contributed by atoms with Gasteiger partial charge in [0.15, 0.2) is 0 Å². The van der Waals surface area contributed by atoms with Crippen LogP contribution in [0.25, 0.3) is 17.0 Å². The summed E-state index contributed by atoms with van der Waals surface area (Å²) in [5, 5.41) is 11.3. The predicted molar refractivity (Wildman–Crippen MR) is 126 cm³/mol. The summed E-state index contributed by atoms with van der Waals surface area (Å²) in [6.45, 7) is 2.00. The summed E-state index contributed by atoms with van der Waals surface area (Å²) in [4.78, 5) is 27.9. The number of carbonyl (C=O) groups is 1. The Morgan fingerprint density at radius 1 is 1.12 bits per heavy atom. The van der Waals surface area contributed by atoms with Crippen LogP contribution in [0.15, 0.2) is 67.1 Å². The first-order valence-corrected chi connectivity index (χ1v) is 10.3. The van der Waals surface area contributed by atoms with Crippen LogP contribution in [0.1, 0.15) is 23.7 Å². The molecule has 0 aliphatic heterocycles. The van der Waals surface area contributed by atoms with Crippen molar-refractivity contribution in [3.63, 3.8) is 0 Å². The monoisotopic (exact) mass is 427 g/mol. The molecule has 1 atom stereocenters. The number of nitrogens with zero attached hydrogens (tertiary/aromatic N) is 5. The summed E-state index contributed by atoms with van der Waals surface area (Å²) in [5.74, 6) is 0.191. The van der Waals surface area contributed by atoms with E-state index in [9.17, 15) is 4.79 Å². The van der Waals surface area contributed by atoms with Gasteiger partial charge in [-0.3, -0.25) is 9.20 Å². The lowest BCUT2D eigenvalue weighted by molar-refractivity contribution is 0.106. The standard InChI is InChI=1S/C24H25N7O/c1-16(30(2)3)14-19(25)23(32)17-7-9-18(10-8-17)28-24-26-12-11-20(29-24)21-15-27-22-6-4-5-13-31(21)22/h4-13,15-16,25H,14H2,1-3H3,(H,26,28,29)/t16-/m1/s1. The average molecular weight is 428 g/mol. The van der Waals surface area contributed by atoms with Crippen LogP contribution in [-0.2, 0) is 0 Å². The third-order valence-electron chi connectivity index (χ3n) is 5.39. The van der Waals surface area contributed by atoms with E-state index in [1.165, 1.54) is 0 Å². The molecule has 3 heterocycles. The molecule has 0 saturated heterocycles. The molecule has 0 unspecified atom stereocenters. The molecule has 4 rings (SSSR count). The fourth-order valence-electron chi connectivity index (χ4n) is 3.26. The first-order chi connectivity index (χ1) is 15.4. The van der Waals surface area contributed by atoms with Crippen LogP contribution < -0.4 is 5.32 Å². The molecule has 0 aliphatic carbocycles. The normalized spacial score (nSPS) is 12.1. The van der Waals surface area contributed by atoms with Crippen molar-refractivity contribution in [2.75, 3.05) is 19.4 Å². The van der Waals surface area contributed by atoms with Gasteiger partial charge in [-0.1, -0.05) is 6.07 Å². The minimum Gasteiger partial charge on any atom is -0.324 e. The van der Waals surface area contributed by atoms with E-state index in [2.05, 4.69) is 20.3 Å². The van der Waals surface area contributed by atoms with E-state index in [1.54, 1.807) is 36.7 Å². The predicted octanol–water partition coefficient (Wildman–Crippen LogP) is 4.08. The van der Waals surface area contributed by atoms with Crippen LogP contribution in [0, 0.1) is 5.41 Å². The Bertz CT molecular complexity index is 1260. The largest absolute Gasteiger partial charge is 0.324 e. The number of pyridine rings is 1. The first kappa shape index (κ1) is 21.3. The molecule has 8 heteroatoms. The zero-order valence-electron chi connectivity index (χ0n) is 18.3. The number of aromatic nitrogens is 4. The maximum Gasteiger partial charge on any atom is 0.227 e. The molecule has 3 aromatic heterocycles. The second-order valence-corrected chi connectivity index (χ2v) is 7.86. The quantitative estimate of drug-likeness (QED) is 0.325. The third-order valence-corrected chi connectivity index (χ3v) is 5.39. The van der Waals surface area contributed by atoms with Gasteiger partial charge in [-0.05, 0) is 63.5 Å². The van der Waals surface area contributed by atoms with Gasteiger partial charge in [0.2, 0.25) is 11.7 Å². The van der Waals surface area contributed by atoms with E-state index in [0.717, 1.165) is 22.7 Å². The highest BCUT2D eigenvalue weighted by Crippen LogP contribution is 2.21. The van der Waals surface area contributed by atoms with E-state index in [1.807, 2.05) is 60.8 Å². The Kier molecular flexibility index (Phi) is 6.04. The van der Waals surface area contributed by atoms with Crippen molar-refractivity contribution >= 4 is 28.8 Å². The molecule has 32 heavy (non-hydrogen) atoms. The Labute approximate surface area is 186 Å². The van der Waals surface area contributed by atoms with E-state index in [-0.39, 0.29) is 17.5 Å². The molecule has 1 aromatic carbocycles. The van der Waals surface area contributed by atoms with Crippen molar-refractivity contribution in [2.24, 2.45) is 0 Å². The summed E-state index contributed by atoms with van der Waals surface area (Å²) in [5.41, 5.74) is 3.82. The summed E-state index contributed by atoms with van der Waals surface area (Å²) in [6.07, 6.45) is 5.83. The second-order valence-electron chi connectivity index (χ2n) is 7.86. The van der Waals surface area contributed by atoms with Gasteiger partial charge >= 0.3 is 0 Å². The van der Waals surface area contributed by atoms with Crippen molar-refractivity contribution in [2.45, 2.75) is 19.4 Å². The molecule has 0 amide bonds. The summed E-state index contributed by atoms with van der Waals surface area (Å²) < 4.78 is 1.97. The van der Waals surface area contributed by atoms with Crippen LogP contribution in [0.3, 0.4) is 0 Å².